The lowest BCUT2D eigenvalue weighted by Gasteiger charge is -2.05. The van der Waals surface area contributed by atoms with E-state index in [2.05, 4.69) is 27.6 Å². The topological polar surface area (TPSA) is 41.8 Å². The van der Waals surface area contributed by atoms with E-state index in [1.807, 2.05) is 6.07 Å². The van der Waals surface area contributed by atoms with Crippen LogP contribution in [0.1, 0.15) is 5.56 Å². The van der Waals surface area contributed by atoms with E-state index < -0.39 is 0 Å². The van der Waals surface area contributed by atoms with Gasteiger partial charge in [-0.3, -0.25) is 0 Å². The van der Waals surface area contributed by atoms with Crippen LogP contribution in [0.25, 0.3) is 0 Å². The van der Waals surface area contributed by atoms with Crippen molar-refractivity contribution in [1.29, 1.82) is 0 Å². The van der Waals surface area contributed by atoms with E-state index in [-0.39, 0.29) is 5.75 Å². The highest BCUT2D eigenvalue weighted by Gasteiger charge is 2.16. The van der Waals surface area contributed by atoms with Gasteiger partial charge in [0.05, 0.1) is 12.1 Å². The molecule has 3 nitrogen and oxygen atoms in total. The highest BCUT2D eigenvalue weighted by atomic mass is 127. The molecule has 1 aromatic carbocycles. The molecule has 0 amide bonds. The van der Waals surface area contributed by atoms with Crippen molar-refractivity contribution in [3.63, 3.8) is 0 Å². The standard InChI is InChI=1S/C9H8INO2/c10-6-2-1-3-7(12)8(6)9-11-4-5-13-9/h1-3,12H,4-5H2. The van der Waals surface area contributed by atoms with Crippen LogP contribution in [-0.2, 0) is 4.74 Å². The van der Waals surface area contributed by atoms with E-state index in [9.17, 15) is 5.11 Å². The molecule has 0 bridgehead atoms. The fraction of sp³-hybridized carbons (Fsp3) is 0.222. The summed E-state index contributed by atoms with van der Waals surface area (Å²) in [7, 11) is 0. The van der Waals surface area contributed by atoms with E-state index >= 15 is 0 Å². The highest BCUT2D eigenvalue weighted by molar-refractivity contribution is 14.1. The van der Waals surface area contributed by atoms with Gasteiger partial charge in [0.25, 0.3) is 0 Å². The fourth-order valence-corrected chi connectivity index (χ4v) is 1.93. The van der Waals surface area contributed by atoms with Crippen molar-refractivity contribution in [3.8, 4) is 5.75 Å². The number of rotatable bonds is 1. The molecule has 1 aliphatic heterocycles. The van der Waals surface area contributed by atoms with E-state index in [0.717, 1.165) is 3.57 Å². The van der Waals surface area contributed by atoms with Crippen molar-refractivity contribution in [2.45, 2.75) is 0 Å². The van der Waals surface area contributed by atoms with Crippen molar-refractivity contribution >= 4 is 28.5 Å². The lowest BCUT2D eigenvalue weighted by molar-refractivity contribution is 0.346. The first-order chi connectivity index (χ1) is 6.29. The zero-order valence-corrected chi connectivity index (χ0v) is 8.98. The third-order valence-electron chi connectivity index (χ3n) is 1.79. The molecule has 0 aliphatic carbocycles. The Bertz CT molecular complexity index is 342. The summed E-state index contributed by atoms with van der Waals surface area (Å²) < 4.78 is 6.24. The van der Waals surface area contributed by atoms with Gasteiger partial charge in [-0.2, -0.15) is 0 Å². The molecule has 1 aliphatic rings. The summed E-state index contributed by atoms with van der Waals surface area (Å²) in [6.45, 7) is 1.29. The molecule has 68 valence electrons. The molecule has 0 saturated heterocycles. The number of hydrogen-bond acceptors (Lipinski definition) is 3. The monoisotopic (exact) mass is 289 g/mol. The molecule has 0 fully saturated rings. The first-order valence-electron chi connectivity index (χ1n) is 3.94. The number of hydrogen-bond donors (Lipinski definition) is 1. The van der Waals surface area contributed by atoms with Gasteiger partial charge in [-0.15, -0.1) is 0 Å². The minimum absolute atomic E-state index is 0.229. The van der Waals surface area contributed by atoms with Crippen LogP contribution >= 0.6 is 22.6 Å². The van der Waals surface area contributed by atoms with E-state index in [1.165, 1.54) is 0 Å². The van der Waals surface area contributed by atoms with Crippen LogP contribution in [0.5, 0.6) is 5.75 Å². The van der Waals surface area contributed by atoms with Gasteiger partial charge in [-0.05, 0) is 34.7 Å². The smallest absolute Gasteiger partial charge is 0.221 e. The van der Waals surface area contributed by atoms with Crippen LogP contribution in [0.4, 0.5) is 0 Å². The van der Waals surface area contributed by atoms with Gasteiger partial charge in [0.2, 0.25) is 5.90 Å². The predicted octanol–water partition coefficient (Wildman–Crippen LogP) is 1.77. The minimum Gasteiger partial charge on any atom is -0.507 e. The number of phenolic OH excluding ortho intramolecular Hbond substituents is 1. The van der Waals surface area contributed by atoms with E-state index in [4.69, 9.17) is 4.74 Å². The number of ether oxygens (including phenoxy) is 1. The van der Waals surface area contributed by atoms with Gasteiger partial charge in [0.1, 0.15) is 12.4 Å². The molecule has 0 atom stereocenters. The second-order valence-corrected chi connectivity index (χ2v) is 3.83. The van der Waals surface area contributed by atoms with Crippen LogP contribution < -0.4 is 0 Å². The van der Waals surface area contributed by atoms with Crippen molar-refractivity contribution in [1.82, 2.24) is 0 Å². The van der Waals surface area contributed by atoms with Gasteiger partial charge in [0.15, 0.2) is 0 Å². The Hall–Kier alpha value is -0.780. The van der Waals surface area contributed by atoms with Crippen LogP contribution in [0.15, 0.2) is 23.2 Å². The average molecular weight is 289 g/mol. The molecule has 1 heterocycles. The Morgan fingerprint density at radius 1 is 1.46 bits per heavy atom. The van der Waals surface area contributed by atoms with Gasteiger partial charge < -0.3 is 9.84 Å². The van der Waals surface area contributed by atoms with E-state index in [0.29, 0.717) is 24.6 Å². The number of aromatic hydroxyl groups is 1. The molecule has 0 aromatic heterocycles. The maximum Gasteiger partial charge on any atom is 0.221 e. The highest BCUT2D eigenvalue weighted by Crippen LogP contribution is 2.24. The van der Waals surface area contributed by atoms with Crippen LogP contribution in [0.2, 0.25) is 0 Å². The van der Waals surface area contributed by atoms with Crippen LogP contribution in [0.3, 0.4) is 0 Å². The Labute approximate surface area is 89.6 Å². The maximum atomic E-state index is 9.59. The van der Waals surface area contributed by atoms with Gasteiger partial charge in [-0.1, -0.05) is 6.07 Å². The van der Waals surface area contributed by atoms with Crippen molar-refractivity contribution in [3.05, 3.63) is 27.3 Å². The molecule has 1 N–H and O–H groups in total. The lowest BCUT2D eigenvalue weighted by Crippen LogP contribution is -2.03. The predicted molar refractivity (Wildman–Crippen MR) is 58.2 cm³/mol. The van der Waals surface area contributed by atoms with Gasteiger partial charge >= 0.3 is 0 Å². The Morgan fingerprint density at radius 2 is 2.31 bits per heavy atom. The summed E-state index contributed by atoms with van der Waals surface area (Å²) in [4.78, 5) is 4.16. The molecule has 0 spiro atoms. The first kappa shape index (κ1) is 8.80. The quantitative estimate of drug-likeness (QED) is 0.801. The van der Waals surface area contributed by atoms with Gasteiger partial charge in [0, 0.05) is 3.57 Å². The molecule has 0 saturated carbocycles. The summed E-state index contributed by atoms with van der Waals surface area (Å²) >= 11 is 2.15. The molecule has 2 rings (SSSR count). The van der Waals surface area contributed by atoms with Crippen molar-refractivity contribution in [2.75, 3.05) is 13.2 Å². The minimum atomic E-state index is 0.229. The number of nitrogens with zero attached hydrogens (tertiary/aromatic N) is 1. The molecule has 1 aromatic rings. The summed E-state index contributed by atoms with van der Waals surface area (Å²) in [5.74, 6) is 0.787. The zero-order valence-electron chi connectivity index (χ0n) is 6.83. The Kier molecular flexibility index (Phi) is 2.39. The lowest BCUT2D eigenvalue weighted by atomic mass is 10.2. The third kappa shape index (κ3) is 1.63. The molecule has 0 radical (unpaired) electrons. The zero-order chi connectivity index (χ0) is 9.26. The Balaban J connectivity index is 2.49. The first-order valence-corrected chi connectivity index (χ1v) is 5.02. The SMILES string of the molecule is Oc1cccc(I)c1C1=NCCO1. The molecule has 4 heteroatoms. The summed E-state index contributed by atoms with van der Waals surface area (Å²) in [6.07, 6.45) is 0. The summed E-state index contributed by atoms with van der Waals surface area (Å²) in [5, 5.41) is 9.59. The largest absolute Gasteiger partial charge is 0.507 e. The number of phenols is 1. The normalized spacial score (nSPS) is 15.3. The van der Waals surface area contributed by atoms with Crippen molar-refractivity contribution < 1.29 is 9.84 Å². The van der Waals surface area contributed by atoms with Crippen LogP contribution in [-0.4, -0.2) is 24.2 Å². The maximum absolute atomic E-state index is 9.59. The van der Waals surface area contributed by atoms with Crippen molar-refractivity contribution in [2.24, 2.45) is 4.99 Å². The Morgan fingerprint density at radius 3 is 2.92 bits per heavy atom. The average Bonchev–Trinajstić information content (AvgIpc) is 2.57. The molecule has 0 unspecified atom stereocenters. The third-order valence-corrected chi connectivity index (χ3v) is 2.69. The number of benzene rings is 1. The van der Waals surface area contributed by atoms with Gasteiger partial charge in [-0.25, -0.2) is 4.99 Å². The molecular formula is C9H8INO2. The second kappa shape index (κ2) is 3.53. The number of aliphatic imine (C=N–C) groups is 1. The number of halogens is 1. The summed E-state index contributed by atoms with van der Waals surface area (Å²) in [6, 6.07) is 5.36. The second-order valence-electron chi connectivity index (χ2n) is 2.67. The van der Waals surface area contributed by atoms with Crippen LogP contribution in [0, 0.1) is 3.57 Å². The summed E-state index contributed by atoms with van der Waals surface area (Å²) in [5.41, 5.74) is 0.709. The van der Waals surface area contributed by atoms with E-state index in [1.54, 1.807) is 12.1 Å². The molecule has 13 heavy (non-hydrogen) atoms. The fourth-order valence-electron chi connectivity index (χ4n) is 1.21. The molecular weight excluding hydrogens is 281 g/mol.